The van der Waals surface area contributed by atoms with E-state index in [1.165, 1.54) is 7.11 Å². The SMILES string of the molecule is COC(=O)CC(Cc1cc(F)c(F)cc1F)NO[Si](C)(C)C. The number of esters is 1. The van der Waals surface area contributed by atoms with Gasteiger partial charge in [-0.1, -0.05) is 0 Å². The van der Waals surface area contributed by atoms with Crippen LogP contribution in [0.1, 0.15) is 12.0 Å². The van der Waals surface area contributed by atoms with Gasteiger partial charge in [-0.2, -0.15) is 0 Å². The molecular weight excluding hydrogens is 315 g/mol. The zero-order valence-electron chi connectivity index (χ0n) is 13.0. The lowest BCUT2D eigenvalue weighted by Gasteiger charge is -2.24. The number of methoxy groups -OCH3 is 1. The molecule has 1 atom stereocenters. The molecule has 0 spiro atoms. The van der Waals surface area contributed by atoms with Crippen molar-refractivity contribution in [2.75, 3.05) is 7.11 Å². The topological polar surface area (TPSA) is 47.6 Å². The maximum atomic E-state index is 13.7. The van der Waals surface area contributed by atoms with Crippen LogP contribution in [0.4, 0.5) is 13.2 Å². The van der Waals surface area contributed by atoms with Gasteiger partial charge in [0, 0.05) is 12.1 Å². The molecular formula is C14H20F3NO3Si. The molecule has 0 bridgehead atoms. The van der Waals surface area contributed by atoms with E-state index in [0.717, 1.165) is 6.07 Å². The third kappa shape index (κ3) is 6.16. The molecule has 8 heteroatoms. The molecule has 1 unspecified atom stereocenters. The highest BCUT2D eigenvalue weighted by atomic mass is 28.4. The first-order valence-electron chi connectivity index (χ1n) is 6.76. The highest BCUT2D eigenvalue weighted by Gasteiger charge is 2.22. The van der Waals surface area contributed by atoms with Crippen LogP contribution in [-0.2, 0) is 20.5 Å². The Morgan fingerprint density at radius 3 is 2.32 bits per heavy atom. The van der Waals surface area contributed by atoms with Gasteiger partial charge in [-0.25, -0.2) is 18.7 Å². The summed E-state index contributed by atoms with van der Waals surface area (Å²) in [5.74, 6) is -3.78. The van der Waals surface area contributed by atoms with E-state index in [-0.39, 0.29) is 18.4 Å². The number of hydrogen-bond acceptors (Lipinski definition) is 4. The Labute approximate surface area is 128 Å². The minimum atomic E-state index is -1.92. The molecule has 0 saturated carbocycles. The van der Waals surface area contributed by atoms with Crippen molar-refractivity contribution in [3.05, 3.63) is 35.1 Å². The second-order valence-electron chi connectivity index (χ2n) is 5.87. The first-order chi connectivity index (χ1) is 10.1. The molecule has 0 saturated heterocycles. The molecule has 1 rings (SSSR count). The van der Waals surface area contributed by atoms with E-state index in [2.05, 4.69) is 10.2 Å². The minimum absolute atomic E-state index is 0.0391. The zero-order chi connectivity index (χ0) is 16.9. The number of rotatable bonds is 7. The Morgan fingerprint density at radius 1 is 1.18 bits per heavy atom. The van der Waals surface area contributed by atoms with Crippen LogP contribution >= 0.6 is 0 Å². The molecule has 0 aromatic heterocycles. The van der Waals surface area contributed by atoms with Crippen LogP contribution in [-0.4, -0.2) is 27.4 Å². The van der Waals surface area contributed by atoms with Gasteiger partial charge in [0.15, 0.2) is 11.6 Å². The highest BCUT2D eigenvalue weighted by Crippen LogP contribution is 2.17. The van der Waals surface area contributed by atoms with Gasteiger partial charge in [0.25, 0.3) is 0 Å². The van der Waals surface area contributed by atoms with E-state index >= 15 is 0 Å². The summed E-state index contributed by atoms with van der Waals surface area (Å²) < 4.78 is 49.9. The average Bonchev–Trinajstić information content (AvgIpc) is 2.41. The van der Waals surface area contributed by atoms with Crippen molar-refractivity contribution >= 4 is 14.3 Å². The number of hydroxylamine groups is 1. The van der Waals surface area contributed by atoms with E-state index in [4.69, 9.17) is 4.53 Å². The van der Waals surface area contributed by atoms with E-state index < -0.39 is 37.8 Å². The third-order valence-corrected chi connectivity index (χ3v) is 3.46. The first kappa shape index (κ1) is 18.7. The monoisotopic (exact) mass is 335 g/mol. The lowest BCUT2D eigenvalue weighted by molar-refractivity contribution is -0.141. The van der Waals surface area contributed by atoms with Gasteiger partial charge in [0.1, 0.15) is 5.82 Å². The third-order valence-electron chi connectivity index (χ3n) is 2.73. The molecule has 0 fully saturated rings. The molecule has 1 aromatic rings. The van der Waals surface area contributed by atoms with Crippen molar-refractivity contribution in [1.29, 1.82) is 0 Å². The van der Waals surface area contributed by atoms with Gasteiger partial charge in [-0.3, -0.25) is 4.79 Å². The van der Waals surface area contributed by atoms with Crippen LogP contribution in [0.25, 0.3) is 0 Å². The van der Waals surface area contributed by atoms with Crippen LogP contribution in [0.15, 0.2) is 12.1 Å². The number of carbonyl (C=O) groups excluding carboxylic acids is 1. The van der Waals surface area contributed by atoms with Crippen LogP contribution in [0.2, 0.25) is 19.6 Å². The number of benzene rings is 1. The Hall–Kier alpha value is -1.38. The number of hydrogen-bond donors (Lipinski definition) is 1. The van der Waals surface area contributed by atoms with Gasteiger partial charge in [0.2, 0.25) is 8.32 Å². The van der Waals surface area contributed by atoms with Gasteiger partial charge in [-0.15, -0.1) is 0 Å². The molecule has 0 amide bonds. The second kappa shape index (κ2) is 7.75. The fourth-order valence-corrected chi connectivity index (χ4v) is 2.21. The van der Waals surface area contributed by atoms with Crippen molar-refractivity contribution in [1.82, 2.24) is 5.48 Å². The highest BCUT2D eigenvalue weighted by molar-refractivity contribution is 6.69. The summed E-state index contributed by atoms with van der Waals surface area (Å²) in [7, 11) is -0.690. The van der Waals surface area contributed by atoms with Crippen molar-refractivity contribution in [2.45, 2.75) is 38.5 Å². The minimum Gasteiger partial charge on any atom is -0.469 e. The molecule has 4 nitrogen and oxygen atoms in total. The Balaban J connectivity index is 2.87. The van der Waals surface area contributed by atoms with E-state index in [1.807, 2.05) is 19.6 Å². The largest absolute Gasteiger partial charge is 0.469 e. The Kier molecular flexibility index (Phi) is 6.58. The molecule has 1 aromatic carbocycles. The lowest BCUT2D eigenvalue weighted by atomic mass is 10.0. The van der Waals surface area contributed by atoms with E-state index in [0.29, 0.717) is 6.07 Å². The van der Waals surface area contributed by atoms with Crippen LogP contribution in [0.3, 0.4) is 0 Å². The summed E-state index contributed by atoms with van der Waals surface area (Å²) in [5.41, 5.74) is 2.67. The van der Waals surface area contributed by atoms with Gasteiger partial charge in [0.05, 0.1) is 13.5 Å². The Morgan fingerprint density at radius 2 is 1.77 bits per heavy atom. The molecule has 22 heavy (non-hydrogen) atoms. The zero-order valence-corrected chi connectivity index (χ0v) is 14.0. The van der Waals surface area contributed by atoms with Crippen LogP contribution in [0.5, 0.6) is 0 Å². The summed E-state index contributed by atoms with van der Waals surface area (Å²) in [6.45, 7) is 5.77. The summed E-state index contributed by atoms with van der Waals surface area (Å²) in [4.78, 5) is 11.4. The van der Waals surface area contributed by atoms with Crippen molar-refractivity contribution in [3.63, 3.8) is 0 Å². The number of halogens is 3. The maximum absolute atomic E-state index is 13.7. The van der Waals surface area contributed by atoms with Gasteiger partial charge < -0.3 is 9.26 Å². The Bertz CT molecular complexity index is 535. The summed E-state index contributed by atoms with van der Waals surface area (Å²) in [5, 5.41) is 0. The van der Waals surface area contributed by atoms with E-state index in [9.17, 15) is 18.0 Å². The van der Waals surface area contributed by atoms with E-state index in [1.54, 1.807) is 0 Å². The summed E-state index contributed by atoms with van der Waals surface area (Å²) in [6, 6.07) is 0.656. The summed E-state index contributed by atoms with van der Waals surface area (Å²) >= 11 is 0. The van der Waals surface area contributed by atoms with Crippen molar-refractivity contribution < 1.29 is 27.2 Å². The molecule has 0 aliphatic rings. The average molecular weight is 335 g/mol. The number of nitrogens with one attached hydrogen (secondary N) is 1. The molecule has 0 aliphatic carbocycles. The summed E-state index contributed by atoms with van der Waals surface area (Å²) in [6.07, 6.45) is -0.123. The van der Waals surface area contributed by atoms with Crippen molar-refractivity contribution in [2.24, 2.45) is 0 Å². The van der Waals surface area contributed by atoms with Gasteiger partial charge in [-0.05, 0) is 37.7 Å². The van der Waals surface area contributed by atoms with Gasteiger partial charge >= 0.3 is 5.97 Å². The standard InChI is InChI=1S/C14H20F3NO3Si/c1-20-14(19)7-10(18-21-22(2,3)4)5-9-6-12(16)13(17)8-11(9)15/h6,8,10,18H,5,7H2,1-4H3. The molecule has 124 valence electrons. The fourth-order valence-electron chi connectivity index (χ4n) is 1.69. The number of carbonyl (C=O) groups is 1. The van der Waals surface area contributed by atoms with Crippen molar-refractivity contribution in [3.8, 4) is 0 Å². The second-order valence-corrected chi connectivity index (χ2v) is 10.3. The number of ether oxygens (including phenoxy) is 1. The molecule has 0 aliphatic heterocycles. The quantitative estimate of drug-likeness (QED) is 0.360. The lowest BCUT2D eigenvalue weighted by Crippen LogP contribution is -2.41. The molecule has 1 N–H and O–H groups in total. The molecule has 0 heterocycles. The predicted molar refractivity (Wildman–Crippen MR) is 78.0 cm³/mol. The predicted octanol–water partition coefficient (Wildman–Crippen LogP) is 2.93. The van der Waals surface area contributed by atoms with Crippen LogP contribution in [0, 0.1) is 17.5 Å². The van der Waals surface area contributed by atoms with Crippen LogP contribution < -0.4 is 5.48 Å². The molecule has 0 radical (unpaired) electrons. The maximum Gasteiger partial charge on any atom is 0.307 e. The normalized spacial score (nSPS) is 13.0. The fraction of sp³-hybridized carbons (Fsp3) is 0.500. The first-order valence-corrected chi connectivity index (χ1v) is 10.2. The smallest absolute Gasteiger partial charge is 0.307 e.